The van der Waals surface area contributed by atoms with E-state index in [0.717, 1.165) is 16.9 Å². The van der Waals surface area contributed by atoms with Gasteiger partial charge in [-0.25, -0.2) is 4.98 Å². The number of nitrogens with zero attached hydrogens (tertiary/aromatic N) is 2. The van der Waals surface area contributed by atoms with Crippen molar-refractivity contribution in [1.29, 1.82) is 0 Å². The van der Waals surface area contributed by atoms with Crippen molar-refractivity contribution in [3.63, 3.8) is 0 Å². The maximum absolute atomic E-state index is 13.1. The van der Waals surface area contributed by atoms with Crippen molar-refractivity contribution >= 4 is 39.9 Å². The Morgan fingerprint density at radius 1 is 1.17 bits per heavy atom. The summed E-state index contributed by atoms with van der Waals surface area (Å²) in [5, 5.41) is 4.17. The van der Waals surface area contributed by atoms with Crippen molar-refractivity contribution in [2.75, 3.05) is 11.9 Å². The number of benzene rings is 2. The van der Waals surface area contributed by atoms with Gasteiger partial charge < -0.3 is 4.90 Å². The second-order valence-corrected chi connectivity index (χ2v) is 9.08. The molecule has 30 heavy (non-hydrogen) atoms. The molecule has 0 aliphatic carbocycles. The van der Waals surface area contributed by atoms with E-state index in [1.807, 2.05) is 49.4 Å². The normalized spacial score (nSPS) is 18.4. The molecule has 7 heteroatoms. The number of amides is 2. The fourth-order valence-corrected chi connectivity index (χ4v) is 4.80. The molecule has 1 saturated heterocycles. The number of halogens is 1. The smallest absolute Gasteiger partial charge is 0.254 e. The minimum absolute atomic E-state index is 0.121. The van der Waals surface area contributed by atoms with E-state index in [0.29, 0.717) is 35.1 Å². The van der Waals surface area contributed by atoms with Crippen molar-refractivity contribution < 1.29 is 9.59 Å². The Kier molecular flexibility index (Phi) is 5.88. The number of carbonyl (C=O) groups is 2. The SMILES string of the molecule is CC1(C(=O)Nc2ncc(Cc3ccccc3Cl)s2)CCCN1C(=O)c1ccccc1. The molecule has 1 N–H and O–H groups in total. The second-order valence-electron chi connectivity index (χ2n) is 7.55. The summed E-state index contributed by atoms with van der Waals surface area (Å²) in [6.07, 6.45) is 3.82. The van der Waals surface area contributed by atoms with Gasteiger partial charge in [0.25, 0.3) is 11.8 Å². The first-order valence-electron chi connectivity index (χ1n) is 9.84. The molecule has 1 atom stereocenters. The van der Waals surface area contributed by atoms with E-state index >= 15 is 0 Å². The molecule has 3 aromatic rings. The highest BCUT2D eigenvalue weighted by atomic mass is 35.5. The Morgan fingerprint density at radius 2 is 1.90 bits per heavy atom. The number of hydrogen-bond acceptors (Lipinski definition) is 4. The zero-order valence-electron chi connectivity index (χ0n) is 16.6. The Bertz CT molecular complexity index is 1070. The molecule has 2 heterocycles. The van der Waals surface area contributed by atoms with Gasteiger partial charge in [-0.3, -0.25) is 14.9 Å². The number of hydrogen-bond donors (Lipinski definition) is 1. The third kappa shape index (κ3) is 4.11. The third-order valence-corrected chi connectivity index (χ3v) is 6.77. The molecule has 0 bridgehead atoms. The monoisotopic (exact) mass is 439 g/mol. The zero-order chi connectivity index (χ0) is 21.1. The highest BCUT2D eigenvalue weighted by Crippen LogP contribution is 2.33. The summed E-state index contributed by atoms with van der Waals surface area (Å²) in [7, 11) is 0. The summed E-state index contributed by atoms with van der Waals surface area (Å²) in [5.41, 5.74) is 0.708. The van der Waals surface area contributed by atoms with Crippen LogP contribution in [-0.2, 0) is 11.2 Å². The van der Waals surface area contributed by atoms with E-state index in [-0.39, 0.29) is 11.8 Å². The molecule has 0 spiro atoms. The summed E-state index contributed by atoms with van der Waals surface area (Å²) in [6, 6.07) is 16.8. The van der Waals surface area contributed by atoms with E-state index in [1.165, 1.54) is 11.3 Å². The predicted octanol–water partition coefficient (Wildman–Crippen LogP) is 5.02. The fraction of sp³-hybridized carbons (Fsp3) is 0.261. The van der Waals surface area contributed by atoms with Gasteiger partial charge in [0.1, 0.15) is 5.54 Å². The predicted molar refractivity (Wildman–Crippen MR) is 120 cm³/mol. The molecule has 1 aromatic heterocycles. The van der Waals surface area contributed by atoms with Gasteiger partial charge in [0.05, 0.1) is 0 Å². The lowest BCUT2D eigenvalue weighted by atomic mass is 9.97. The maximum atomic E-state index is 13.1. The lowest BCUT2D eigenvalue weighted by Gasteiger charge is -2.33. The van der Waals surface area contributed by atoms with Gasteiger partial charge in [0.15, 0.2) is 5.13 Å². The summed E-state index contributed by atoms with van der Waals surface area (Å²) >= 11 is 7.67. The first-order chi connectivity index (χ1) is 14.5. The zero-order valence-corrected chi connectivity index (χ0v) is 18.2. The lowest BCUT2D eigenvalue weighted by molar-refractivity contribution is -0.124. The standard InChI is InChI=1S/C23H22ClN3O2S/c1-23(12-7-13-27(23)20(28)16-8-3-2-4-9-16)21(29)26-22-25-15-18(30-22)14-17-10-5-6-11-19(17)24/h2-6,8-11,15H,7,12-14H2,1H3,(H,25,26,29). The molecule has 4 rings (SSSR count). The van der Waals surface area contributed by atoms with Crippen LogP contribution in [0.5, 0.6) is 0 Å². The van der Waals surface area contributed by atoms with Crippen LogP contribution < -0.4 is 5.32 Å². The molecule has 2 amide bonds. The molecule has 1 unspecified atom stereocenters. The van der Waals surface area contributed by atoms with Crippen molar-refractivity contribution in [1.82, 2.24) is 9.88 Å². The molecule has 1 aliphatic rings. The molecule has 1 aliphatic heterocycles. The van der Waals surface area contributed by atoms with Crippen LogP contribution in [0.4, 0.5) is 5.13 Å². The topological polar surface area (TPSA) is 62.3 Å². The Morgan fingerprint density at radius 3 is 2.67 bits per heavy atom. The number of thiazole rings is 1. The maximum Gasteiger partial charge on any atom is 0.254 e. The first-order valence-corrected chi connectivity index (χ1v) is 11.0. The van der Waals surface area contributed by atoms with Crippen molar-refractivity contribution in [2.24, 2.45) is 0 Å². The quantitative estimate of drug-likeness (QED) is 0.607. The van der Waals surface area contributed by atoms with Gasteiger partial charge in [-0.1, -0.05) is 48.0 Å². The lowest BCUT2D eigenvalue weighted by Crippen LogP contribution is -2.53. The molecule has 2 aromatic carbocycles. The van der Waals surface area contributed by atoms with E-state index in [4.69, 9.17) is 11.6 Å². The molecule has 0 radical (unpaired) electrons. The van der Waals surface area contributed by atoms with Gasteiger partial charge >= 0.3 is 0 Å². The number of aromatic nitrogens is 1. The summed E-state index contributed by atoms with van der Waals surface area (Å²) in [5.74, 6) is -0.327. The van der Waals surface area contributed by atoms with Gasteiger partial charge in [-0.05, 0) is 43.5 Å². The van der Waals surface area contributed by atoms with Crippen molar-refractivity contribution in [2.45, 2.75) is 31.7 Å². The van der Waals surface area contributed by atoms with E-state index in [9.17, 15) is 9.59 Å². The van der Waals surface area contributed by atoms with Crippen LogP contribution in [0, 0.1) is 0 Å². The molecule has 154 valence electrons. The summed E-state index contributed by atoms with van der Waals surface area (Å²) in [6.45, 7) is 2.39. The minimum atomic E-state index is -0.901. The molecule has 5 nitrogen and oxygen atoms in total. The molecule has 0 saturated carbocycles. The van der Waals surface area contributed by atoms with Gasteiger partial charge in [0, 0.05) is 34.6 Å². The van der Waals surface area contributed by atoms with Crippen LogP contribution in [0.2, 0.25) is 5.02 Å². The van der Waals surface area contributed by atoms with Gasteiger partial charge in [-0.15, -0.1) is 11.3 Å². The Labute approximate surface area is 184 Å². The largest absolute Gasteiger partial charge is 0.324 e. The average molecular weight is 440 g/mol. The van der Waals surface area contributed by atoms with E-state index in [1.54, 1.807) is 23.2 Å². The molecule has 1 fully saturated rings. The number of anilines is 1. The van der Waals surface area contributed by atoms with Crippen LogP contribution in [0.15, 0.2) is 60.8 Å². The summed E-state index contributed by atoms with van der Waals surface area (Å²) < 4.78 is 0. The minimum Gasteiger partial charge on any atom is -0.324 e. The number of nitrogens with one attached hydrogen (secondary N) is 1. The number of likely N-dealkylation sites (tertiary alicyclic amines) is 1. The molecular weight excluding hydrogens is 418 g/mol. The van der Waals surface area contributed by atoms with Crippen molar-refractivity contribution in [3.8, 4) is 0 Å². The second kappa shape index (κ2) is 8.58. The Balaban J connectivity index is 1.47. The van der Waals surface area contributed by atoms with Crippen molar-refractivity contribution in [3.05, 3.63) is 81.8 Å². The van der Waals surface area contributed by atoms with Crippen LogP contribution in [0.25, 0.3) is 0 Å². The third-order valence-electron chi connectivity index (χ3n) is 5.49. The van der Waals surface area contributed by atoms with Crippen LogP contribution >= 0.6 is 22.9 Å². The number of carbonyl (C=O) groups excluding carboxylic acids is 2. The van der Waals surface area contributed by atoms with E-state index in [2.05, 4.69) is 10.3 Å². The Hall–Kier alpha value is -2.70. The highest BCUT2D eigenvalue weighted by molar-refractivity contribution is 7.15. The average Bonchev–Trinajstić information content (AvgIpc) is 3.37. The van der Waals surface area contributed by atoms with Crippen LogP contribution in [-0.4, -0.2) is 33.8 Å². The van der Waals surface area contributed by atoms with E-state index < -0.39 is 5.54 Å². The number of rotatable bonds is 5. The molecular formula is C23H22ClN3O2S. The van der Waals surface area contributed by atoms with Crippen LogP contribution in [0.1, 0.15) is 40.6 Å². The van der Waals surface area contributed by atoms with Gasteiger partial charge in [-0.2, -0.15) is 0 Å². The first kappa shape index (κ1) is 20.6. The fourth-order valence-electron chi connectivity index (χ4n) is 3.77. The highest BCUT2D eigenvalue weighted by Gasteiger charge is 2.46. The van der Waals surface area contributed by atoms with Gasteiger partial charge in [0.2, 0.25) is 0 Å². The van der Waals surface area contributed by atoms with Crippen LogP contribution in [0.3, 0.4) is 0 Å². The summed E-state index contributed by atoms with van der Waals surface area (Å²) in [4.78, 5) is 33.2.